The smallest absolute Gasteiger partial charge is 0.407 e. The Hall–Kier alpha value is -4.21. The molecule has 1 fully saturated rings. The molecule has 0 saturated carbocycles. The zero-order valence-electron chi connectivity index (χ0n) is 23.0. The third-order valence-corrected chi connectivity index (χ3v) is 7.68. The van der Waals surface area contributed by atoms with Gasteiger partial charge in [0.1, 0.15) is 12.6 Å². The molecule has 214 valence electrons. The van der Waals surface area contributed by atoms with Gasteiger partial charge < -0.3 is 25.2 Å². The summed E-state index contributed by atoms with van der Waals surface area (Å²) in [7, 11) is 1.88. The summed E-state index contributed by atoms with van der Waals surface area (Å²) in [5, 5.41) is 14.8. The minimum absolute atomic E-state index is 0.0946. The van der Waals surface area contributed by atoms with Gasteiger partial charge in [-0.25, -0.2) is 4.79 Å². The first kappa shape index (κ1) is 28.3. The molecule has 41 heavy (non-hydrogen) atoms. The lowest BCUT2D eigenvalue weighted by atomic mass is 9.98. The Balaban J connectivity index is 1.22. The highest BCUT2D eigenvalue weighted by Gasteiger charge is 2.33. The second kappa shape index (κ2) is 13.0. The summed E-state index contributed by atoms with van der Waals surface area (Å²) in [6.07, 6.45) is -0.742. The molecule has 9 heteroatoms. The lowest BCUT2D eigenvalue weighted by molar-refractivity contribution is -0.141. The number of carbonyl (C=O) groups is 3. The number of likely N-dealkylation sites (N-methyl/N-ethyl adjacent to an activating group) is 1. The maximum atomic E-state index is 13.2. The van der Waals surface area contributed by atoms with Gasteiger partial charge in [-0.2, -0.15) is 0 Å². The van der Waals surface area contributed by atoms with E-state index in [1.54, 1.807) is 0 Å². The minimum atomic E-state index is -0.906. The number of rotatable bonds is 11. The Labute approximate surface area is 239 Å². The molecule has 9 nitrogen and oxygen atoms in total. The van der Waals surface area contributed by atoms with Crippen molar-refractivity contribution in [3.63, 3.8) is 0 Å². The van der Waals surface area contributed by atoms with Crippen molar-refractivity contribution in [2.75, 3.05) is 33.4 Å². The second-order valence-electron chi connectivity index (χ2n) is 10.7. The number of nitrogens with one attached hydrogen (secondary N) is 2. The van der Waals surface area contributed by atoms with Crippen LogP contribution in [0.25, 0.3) is 11.1 Å². The molecule has 0 spiro atoms. The van der Waals surface area contributed by atoms with Crippen LogP contribution < -0.4 is 10.6 Å². The van der Waals surface area contributed by atoms with Crippen LogP contribution in [0.5, 0.6) is 0 Å². The minimum Gasteiger partial charge on any atom is -0.481 e. The van der Waals surface area contributed by atoms with Crippen molar-refractivity contribution in [3.8, 4) is 11.1 Å². The van der Waals surface area contributed by atoms with Gasteiger partial charge in [0.25, 0.3) is 0 Å². The van der Waals surface area contributed by atoms with E-state index < -0.39 is 30.1 Å². The van der Waals surface area contributed by atoms with Crippen molar-refractivity contribution in [2.24, 2.45) is 5.92 Å². The summed E-state index contributed by atoms with van der Waals surface area (Å²) in [5.74, 6) is -1.97. The van der Waals surface area contributed by atoms with Crippen LogP contribution in [0.15, 0.2) is 78.9 Å². The number of nitrogens with zero attached hydrogens (tertiary/aromatic N) is 1. The molecule has 5 rings (SSSR count). The van der Waals surface area contributed by atoms with Crippen LogP contribution in [-0.4, -0.2) is 73.5 Å². The van der Waals surface area contributed by atoms with Gasteiger partial charge in [0, 0.05) is 25.6 Å². The number of hydrogen-bond acceptors (Lipinski definition) is 6. The van der Waals surface area contributed by atoms with Crippen LogP contribution in [0, 0.1) is 5.92 Å². The topological polar surface area (TPSA) is 117 Å². The molecule has 3 atom stereocenters. The highest BCUT2D eigenvalue weighted by molar-refractivity contribution is 5.86. The molecule has 1 aliphatic heterocycles. The summed E-state index contributed by atoms with van der Waals surface area (Å²) in [6.45, 7) is 1.25. The largest absolute Gasteiger partial charge is 0.481 e. The third kappa shape index (κ3) is 6.93. The number of carboxylic acid groups (broad SMARTS) is 1. The molecular formula is C32H35N3O6. The number of ether oxygens (including phenoxy) is 2. The Bertz CT molecular complexity index is 1340. The van der Waals surface area contributed by atoms with E-state index in [-0.39, 0.29) is 38.1 Å². The van der Waals surface area contributed by atoms with Gasteiger partial charge in [0.05, 0.1) is 18.6 Å². The van der Waals surface area contributed by atoms with Crippen LogP contribution in [0.3, 0.4) is 0 Å². The number of aliphatic carboxylic acids is 1. The predicted molar refractivity (Wildman–Crippen MR) is 153 cm³/mol. The molecule has 0 aromatic heterocycles. The first-order valence-corrected chi connectivity index (χ1v) is 13.8. The number of carbonyl (C=O) groups excluding carboxylic acids is 2. The zero-order valence-corrected chi connectivity index (χ0v) is 23.0. The van der Waals surface area contributed by atoms with Gasteiger partial charge in [-0.05, 0) is 41.3 Å². The van der Waals surface area contributed by atoms with E-state index in [1.165, 1.54) is 0 Å². The SMILES string of the molecule is CN(Cc1ccccc1)CC(NC(=O)OCC1c2ccccc2-c2ccccc21)C(=O)NC[C@@H]1C[C@H](C(=O)O)CO1. The van der Waals surface area contributed by atoms with Gasteiger partial charge in [-0.3, -0.25) is 14.5 Å². The summed E-state index contributed by atoms with van der Waals surface area (Å²) in [5.41, 5.74) is 5.56. The molecule has 2 amide bonds. The van der Waals surface area contributed by atoms with Crippen LogP contribution in [0.1, 0.15) is 29.0 Å². The van der Waals surface area contributed by atoms with E-state index in [0.717, 1.165) is 27.8 Å². The van der Waals surface area contributed by atoms with Crippen LogP contribution in [0.4, 0.5) is 4.79 Å². The van der Waals surface area contributed by atoms with Crippen molar-refractivity contribution in [1.82, 2.24) is 15.5 Å². The monoisotopic (exact) mass is 557 g/mol. The van der Waals surface area contributed by atoms with E-state index in [4.69, 9.17) is 9.47 Å². The number of fused-ring (bicyclic) bond motifs is 3. The predicted octanol–water partition coefficient (Wildman–Crippen LogP) is 3.63. The Kier molecular flexibility index (Phi) is 8.96. The molecule has 0 radical (unpaired) electrons. The van der Waals surface area contributed by atoms with Gasteiger partial charge >= 0.3 is 12.1 Å². The highest BCUT2D eigenvalue weighted by Crippen LogP contribution is 2.44. The fourth-order valence-corrected chi connectivity index (χ4v) is 5.61. The first-order valence-electron chi connectivity index (χ1n) is 13.8. The molecule has 1 unspecified atom stereocenters. The Morgan fingerprint density at radius 2 is 1.61 bits per heavy atom. The molecule has 1 heterocycles. The molecule has 2 aliphatic rings. The Morgan fingerprint density at radius 1 is 0.976 bits per heavy atom. The summed E-state index contributed by atoms with van der Waals surface area (Å²) in [4.78, 5) is 39.5. The summed E-state index contributed by atoms with van der Waals surface area (Å²) >= 11 is 0. The molecule has 3 N–H and O–H groups in total. The van der Waals surface area contributed by atoms with Gasteiger partial charge in [-0.15, -0.1) is 0 Å². The fourth-order valence-electron chi connectivity index (χ4n) is 5.61. The second-order valence-corrected chi connectivity index (χ2v) is 10.7. The highest BCUT2D eigenvalue weighted by atomic mass is 16.5. The van der Waals surface area contributed by atoms with Crippen LogP contribution >= 0.6 is 0 Å². The number of hydrogen-bond donors (Lipinski definition) is 3. The van der Waals surface area contributed by atoms with Crippen LogP contribution in [0.2, 0.25) is 0 Å². The lowest BCUT2D eigenvalue weighted by Gasteiger charge is -2.25. The van der Waals surface area contributed by atoms with Gasteiger partial charge in [0.2, 0.25) is 5.91 Å². The van der Waals surface area contributed by atoms with Crippen LogP contribution in [-0.2, 0) is 25.6 Å². The Morgan fingerprint density at radius 3 is 2.24 bits per heavy atom. The molecule has 1 aliphatic carbocycles. The molecule has 3 aromatic rings. The average molecular weight is 558 g/mol. The van der Waals surface area contributed by atoms with Crippen molar-refractivity contribution < 1.29 is 29.0 Å². The molecule has 1 saturated heterocycles. The van der Waals surface area contributed by atoms with E-state index >= 15 is 0 Å². The zero-order chi connectivity index (χ0) is 28.8. The fraction of sp³-hybridized carbons (Fsp3) is 0.344. The van der Waals surface area contributed by atoms with E-state index in [0.29, 0.717) is 13.0 Å². The number of alkyl carbamates (subject to hydrolysis) is 1. The average Bonchev–Trinajstić information content (AvgIpc) is 3.58. The van der Waals surface area contributed by atoms with Crippen molar-refractivity contribution in [3.05, 3.63) is 95.6 Å². The maximum Gasteiger partial charge on any atom is 0.407 e. The number of carboxylic acids is 1. The first-order chi connectivity index (χ1) is 19.9. The normalized spacial score (nSPS) is 18.4. The summed E-state index contributed by atoms with van der Waals surface area (Å²) in [6, 6.07) is 25.2. The number of amides is 2. The van der Waals surface area contributed by atoms with Gasteiger partial charge in [0.15, 0.2) is 0 Å². The molecule has 3 aromatic carbocycles. The lowest BCUT2D eigenvalue weighted by Crippen LogP contribution is -2.53. The molecular weight excluding hydrogens is 522 g/mol. The van der Waals surface area contributed by atoms with Gasteiger partial charge in [-0.1, -0.05) is 78.9 Å². The van der Waals surface area contributed by atoms with E-state index in [9.17, 15) is 19.5 Å². The number of benzene rings is 3. The van der Waals surface area contributed by atoms with Crippen molar-refractivity contribution in [1.29, 1.82) is 0 Å². The van der Waals surface area contributed by atoms with Crippen molar-refractivity contribution in [2.45, 2.75) is 31.0 Å². The maximum absolute atomic E-state index is 13.2. The summed E-state index contributed by atoms with van der Waals surface area (Å²) < 4.78 is 11.2. The van der Waals surface area contributed by atoms with Crippen molar-refractivity contribution >= 4 is 18.0 Å². The molecule has 0 bridgehead atoms. The van der Waals surface area contributed by atoms with E-state index in [2.05, 4.69) is 34.9 Å². The third-order valence-electron chi connectivity index (χ3n) is 7.68. The standard InChI is InChI=1S/C32H35N3O6/c1-35(17-21-9-3-2-4-10-21)18-29(30(36)33-16-23-15-22(19-40-23)31(37)38)34-32(39)41-20-28-26-13-7-5-11-24(26)25-12-6-8-14-27(25)28/h2-14,22-23,28-29H,15-20H2,1H3,(H,33,36)(H,34,39)(H,37,38)/t22-,23-,29?/m0/s1. The van der Waals surface area contributed by atoms with E-state index in [1.807, 2.05) is 66.5 Å². The quantitative estimate of drug-likeness (QED) is 0.330.